The molecule has 23 heavy (non-hydrogen) atoms. The molecule has 6 heteroatoms. The Balaban J connectivity index is 2.46. The van der Waals surface area contributed by atoms with Gasteiger partial charge in [0.2, 0.25) is 5.78 Å². The molecule has 2 aromatic rings. The fraction of sp³-hybridized carbons (Fsp3) is 0.353. The highest BCUT2D eigenvalue weighted by molar-refractivity contribution is 6.25. The van der Waals surface area contributed by atoms with Gasteiger partial charge in [-0.05, 0) is 24.5 Å². The van der Waals surface area contributed by atoms with Gasteiger partial charge in [0.25, 0.3) is 0 Å². The van der Waals surface area contributed by atoms with Gasteiger partial charge in [0.1, 0.15) is 0 Å². The van der Waals surface area contributed by atoms with Crippen LogP contribution in [-0.2, 0) is 16.0 Å². The highest BCUT2D eigenvalue weighted by atomic mass is 16.4. The van der Waals surface area contributed by atoms with Gasteiger partial charge in [-0.25, -0.2) is 0 Å². The molecule has 3 N–H and O–H groups in total. The van der Waals surface area contributed by atoms with E-state index in [1.54, 1.807) is 0 Å². The van der Waals surface area contributed by atoms with Crippen LogP contribution in [0.25, 0.3) is 10.9 Å². The number of aliphatic carboxylic acids is 1. The van der Waals surface area contributed by atoms with Crippen LogP contribution in [0, 0.1) is 5.53 Å². The van der Waals surface area contributed by atoms with E-state index in [1.165, 1.54) is 0 Å². The van der Waals surface area contributed by atoms with Gasteiger partial charge in [-0.15, -0.1) is 0 Å². The summed E-state index contributed by atoms with van der Waals surface area (Å²) < 4.78 is 0. The third-order valence-corrected chi connectivity index (χ3v) is 3.88. The Morgan fingerprint density at radius 1 is 1.39 bits per heavy atom. The topological polar surface area (TPSA) is 108 Å². The van der Waals surface area contributed by atoms with Crippen molar-refractivity contribution in [3.05, 3.63) is 35.5 Å². The number of aryl methyl sites for hydroxylation is 1. The molecule has 1 aromatic heterocycles. The average molecular weight is 314 g/mol. The second-order valence-corrected chi connectivity index (χ2v) is 5.47. The van der Waals surface area contributed by atoms with Crippen molar-refractivity contribution in [2.75, 3.05) is 0 Å². The zero-order valence-corrected chi connectivity index (χ0v) is 13.0. The lowest BCUT2D eigenvalue weighted by atomic mass is 9.90. The molecular formula is C17H20N3O3+. The van der Waals surface area contributed by atoms with E-state index in [2.05, 4.69) is 9.77 Å². The zero-order valence-electron chi connectivity index (χ0n) is 13.0. The average Bonchev–Trinajstić information content (AvgIpc) is 2.89. The highest BCUT2D eigenvalue weighted by Gasteiger charge is 2.26. The summed E-state index contributed by atoms with van der Waals surface area (Å²) in [5, 5.41) is 10.5. The molecule has 6 nitrogen and oxygen atoms in total. The molecule has 120 valence electrons. The second-order valence-electron chi connectivity index (χ2n) is 5.47. The van der Waals surface area contributed by atoms with E-state index in [4.69, 9.17) is 5.53 Å². The number of hydrogen-bond acceptors (Lipinski definition) is 3. The maximum absolute atomic E-state index is 11.7. The van der Waals surface area contributed by atoms with Crippen molar-refractivity contribution >= 4 is 28.9 Å². The number of rotatable bonds is 8. The number of carbonyl (C=O) groups excluding carboxylic acids is 1. The summed E-state index contributed by atoms with van der Waals surface area (Å²) in [6.07, 6.45) is 2.89. The number of carboxylic acids is 1. The van der Waals surface area contributed by atoms with E-state index in [9.17, 15) is 14.7 Å². The number of Topliss-reactive ketones (excluding diaryl/α,β-unsaturated/α-hetero) is 1. The molecule has 0 saturated heterocycles. The number of benzene rings is 1. The molecule has 1 heterocycles. The minimum absolute atomic E-state index is 0.195. The number of carboxylic acid groups (broad SMARTS) is 1. The van der Waals surface area contributed by atoms with Crippen LogP contribution in [0.3, 0.4) is 0 Å². The lowest BCUT2D eigenvalue weighted by Crippen LogP contribution is -2.13. The number of aromatic nitrogens is 1. The van der Waals surface area contributed by atoms with Gasteiger partial charge in [-0.3, -0.25) is 9.59 Å². The molecule has 0 amide bonds. The Morgan fingerprint density at radius 2 is 2.13 bits per heavy atom. The minimum Gasteiger partial charge on any atom is -0.481 e. The largest absolute Gasteiger partial charge is 0.481 e. The van der Waals surface area contributed by atoms with E-state index in [-0.39, 0.29) is 12.2 Å². The lowest BCUT2D eigenvalue weighted by Gasteiger charge is -2.13. The minimum atomic E-state index is -0.850. The highest BCUT2D eigenvalue weighted by Crippen LogP contribution is 2.33. The van der Waals surface area contributed by atoms with Crippen LogP contribution in [0.5, 0.6) is 0 Å². The normalized spacial score (nSPS) is 11.9. The summed E-state index contributed by atoms with van der Waals surface area (Å²) in [6.45, 7) is 1.96. The molecule has 0 fully saturated rings. The van der Waals surface area contributed by atoms with Crippen molar-refractivity contribution in [2.24, 2.45) is 0 Å². The maximum atomic E-state index is 11.7. The summed E-state index contributed by atoms with van der Waals surface area (Å²) in [6, 6.07) is 7.58. The van der Waals surface area contributed by atoms with Crippen LogP contribution < -0.4 is 0 Å². The van der Waals surface area contributed by atoms with E-state index < -0.39 is 11.9 Å². The number of para-hydroxylation sites is 1. The van der Waals surface area contributed by atoms with Crippen molar-refractivity contribution < 1.29 is 19.5 Å². The van der Waals surface area contributed by atoms with Crippen LogP contribution in [0.1, 0.15) is 43.4 Å². The fourth-order valence-corrected chi connectivity index (χ4v) is 2.88. The zero-order chi connectivity index (χ0) is 16.8. The quantitative estimate of drug-likeness (QED) is 0.396. The van der Waals surface area contributed by atoms with E-state index >= 15 is 0 Å². The van der Waals surface area contributed by atoms with Gasteiger partial charge < -0.3 is 10.1 Å². The predicted octanol–water partition coefficient (Wildman–Crippen LogP) is 2.95. The first-order valence-corrected chi connectivity index (χ1v) is 7.63. The van der Waals surface area contributed by atoms with Gasteiger partial charge in [0.05, 0.1) is 16.2 Å². The van der Waals surface area contributed by atoms with Crippen LogP contribution in [0.15, 0.2) is 24.3 Å². The first kappa shape index (κ1) is 16.6. The lowest BCUT2D eigenvalue weighted by molar-refractivity contribution is -0.139. The first-order chi connectivity index (χ1) is 11.1. The van der Waals surface area contributed by atoms with Gasteiger partial charge in [-0.1, -0.05) is 31.5 Å². The van der Waals surface area contributed by atoms with Crippen LogP contribution in [0.4, 0.5) is 0 Å². The number of aromatic amines is 1. The number of fused-ring (bicyclic) bond motifs is 1. The molecule has 0 aliphatic heterocycles. The Morgan fingerprint density at radius 3 is 2.78 bits per heavy atom. The summed E-state index contributed by atoms with van der Waals surface area (Å²) in [4.78, 5) is 29.5. The number of hydrogen-bond donors (Lipinski definition) is 3. The molecule has 0 saturated carbocycles. The Kier molecular flexibility index (Phi) is 5.44. The van der Waals surface area contributed by atoms with Gasteiger partial charge in [-0.2, -0.15) is 0 Å². The SMILES string of the molecule is CCCC(C(=O)O)c1c(CCC(=O)C=[N+]=N)[nH]c2ccccc12. The number of carbonyl (C=O) groups is 2. The predicted molar refractivity (Wildman–Crippen MR) is 86.0 cm³/mol. The smallest absolute Gasteiger partial charge is 0.372 e. The van der Waals surface area contributed by atoms with Crippen LogP contribution in [-0.4, -0.2) is 32.8 Å². The van der Waals surface area contributed by atoms with Crippen LogP contribution in [0.2, 0.25) is 0 Å². The summed E-state index contributed by atoms with van der Waals surface area (Å²) in [7, 11) is 0. The second kappa shape index (κ2) is 7.51. The molecule has 0 aliphatic rings. The third-order valence-electron chi connectivity index (χ3n) is 3.88. The Labute approximate surface area is 133 Å². The third kappa shape index (κ3) is 3.73. The Hall–Kier alpha value is -2.72. The van der Waals surface area contributed by atoms with Crippen molar-refractivity contribution in [3.63, 3.8) is 0 Å². The van der Waals surface area contributed by atoms with E-state index in [0.29, 0.717) is 12.8 Å². The number of nitrogens with zero attached hydrogens (tertiary/aromatic N) is 1. The van der Waals surface area contributed by atoms with E-state index in [1.807, 2.05) is 31.2 Å². The monoisotopic (exact) mass is 314 g/mol. The van der Waals surface area contributed by atoms with Crippen molar-refractivity contribution in [1.82, 2.24) is 4.98 Å². The Bertz CT molecular complexity index is 772. The molecule has 1 aromatic carbocycles. The van der Waals surface area contributed by atoms with Gasteiger partial charge in [0.15, 0.2) is 0 Å². The molecule has 0 aliphatic carbocycles. The van der Waals surface area contributed by atoms with Gasteiger partial charge >= 0.3 is 12.2 Å². The number of ketones is 1. The van der Waals surface area contributed by atoms with Gasteiger partial charge in [0, 0.05) is 23.0 Å². The maximum Gasteiger partial charge on any atom is 0.372 e. The molecule has 1 atom stereocenters. The van der Waals surface area contributed by atoms with Crippen LogP contribution >= 0.6 is 0 Å². The summed E-state index contributed by atoms with van der Waals surface area (Å²) in [5.74, 6) is -1.69. The molecular weight excluding hydrogens is 294 g/mol. The van der Waals surface area contributed by atoms with Crippen molar-refractivity contribution in [3.8, 4) is 0 Å². The van der Waals surface area contributed by atoms with Crippen molar-refractivity contribution in [2.45, 2.75) is 38.5 Å². The molecule has 0 radical (unpaired) electrons. The number of nitrogens with one attached hydrogen (secondary N) is 2. The summed E-state index contributed by atoms with van der Waals surface area (Å²) in [5.41, 5.74) is 9.11. The molecule has 1 unspecified atom stereocenters. The number of H-pyrrole nitrogens is 1. The standard InChI is InChI=1S/C17H19N3O3/c1-2-5-13(17(22)23)16-12-6-3-4-7-14(12)20-15(16)9-8-11(21)10-19-18/h3-4,6-7,10,13,18,20H,2,5,8-9H2,1H3/p+1. The molecule has 0 bridgehead atoms. The van der Waals surface area contributed by atoms with Crippen molar-refractivity contribution in [1.29, 1.82) is 5.53 Å². The molecule has 2 rings (SSSR count). The fourth-order valence-electron chi connectivity index (χ4n) is 2.88. The first-order valence-electron chi connectivity index (χ1n) is 7.63. The molecule has 0 spiro atoms. The summed E-state index contributed by atoms with van der Waals surface area (Å²) >= 11 is 0. The van der Waals surface area contributed by atoms with E-state index in [0.717, 1.165) is 34.8 Å².